The van der Waals surface area contributed by atoms with Crippen molar-refractivity contribution in [1.82, 2.24) is 15.8 Å². The second kappa shape index (κ2) is 8.31. The number of carbonyl (C=O) groups is 2. The van der Waals surface area contributed by atoms with Crippen LogP contribution in [0.3, 0.4) is 0 Å². The summed E-state index contributed by atoms with van der Waals surface area (Å²) in [5.74, 6) is -1.19. The summed E-state index contributed by atoms with van der Waals surface area (Å²) in [5, 5.41) is 1.51. The lowest BCUT2D eigenvalue weighted by atomic mass is 10.0. The first kappa shape index (κ1) is 19.7. The minimum absolute atomic E-state index is 0.0557. The molecule has 0 fully saturated rings. The fourth-order valence-electron chi connectivity index (χ4n) is 2.49. The monoisotopic (exact) mass is 441 g/mol. The highest BCUT2D eigenvalue weighted by atomic mass is 35.5. The van der Waals surface area contributed by atoms with Gasteiger partial charge < -0.3 is 0 Å². The Kier molecular flexibility index (Phi) is 6.07. The van der Waals surface area contributed by atoms with Crippen molar-refractivity contribution < 1.29 is 9.59 Å². The normalized spacial score (nSPS) is 10.7. The maximum Gasteiger partial charge on any atom is 0.289 e. The van der Waals surface area contributed by atoms with Crippen molar-refractivity contribution in [1.29, 1.82) is 0 Å². The molecule has 2 aromatic carbocycles. The first-order valence-corrected chi connectivity index (χ1v) is 9.15. The highest BCUT2D eigenvalue weighted by molar-refractivity contribution is 6.52. The molecule has 2 amide bonds. The molecule has 3 rings (SSSR count). The topological polar surface area (TPSA) is 71.1 Å². The Balaban J connectivity index is 1.70. The Morgan fingerprint density at radius 1 is 0.852 bits per heavy atom. The molecule has 0 aliphatic carbocycles. The lowest BCUT2D eigenvalue weighted by Gasteiger charge is -2.11. The molecule has 0 saturated carbocycles. The van der Waals surface area contributed by atoms with Crippen LogP contribution in [0, 0.1) is 0 Å². The van der Waals surface area contributed by atoms with Crippen LogP contribution in [0.5, 0.6) is 0 Å². The van der Waals surface area contributed by atoms with E-state index in [-0.39, 0.29) is 32.3 Å². The molecule has 0 unspecified atom stereocenters. The summed E-state index contributed by atoms with van der Waals surface area (Å²) >= 11 is 23.5. The molecular formula is C18H11Cl4N3O2. The van der Waals surface area contributed by atoms with Gasteiger partial charge in [-0.2, -0.15) is 0 Å². The highest BCUT2D eigenvalue weighted by Crippen LogP contribution is 2.35. The summed E-state index contributed by atoms with van der Waals surface area (Å²) < 4.78 is 0. The maximum absolute atomic E-state index is 12.2. The average molecular weight is 443 g/mol. The molecule has 0 radical (unpaired) electrons. The van der Waals surface area contributed by atoms with E-state index in [1.54, 1.807) is 0 Å². The number of fused-ring (bicyclic) bond motifs is 1. The van der Waals surface area contributed by atoms with Gasteiger partial charge in [0.15, 0.2) is 5.69 Å². The smallest absolute Gasteiger partial charge is 0.273 e. The van der Waals surface area contributed by atoms with E-state index >= 15 is 0 Å². The Labute approximate surface area is 174 Å². The number of hydrogen-bond acceptors (Lipinski definition) is 3. The van der Waals surface area contributed by atoms with Crippen molar-refractivity contribution in [3.63, 3.8) is 0 Å². The van der Waals surface area contributed by atoms with Gasteiger partial charge in [0.25, 0.3) is 5.91 Å². The summed E-state index contributed by atoms with van der Waals surface area (Å²) in [6, 6.07) is 13.4. The Morgan fingerprint density at radius 3 is 2.33 bits per heavy atom. The third kappa shape index (κ3) is 4.28. The number of aromatic nitrogens is 1. The van der Waals surface area contributed by atoms with Crippen LogP contribution in [-0.2, 0) is 11.2 Å². The number of pyridine rings is 1. The lowest BCUT2D eigenvalue weighted by molar-refractivity contribution is -0.121. The molecule has 1 heterocycles. The van der Waals surface area contributed by atoms with Crippen molar-refractivity contribution in [2.45, 2.75) is 6.42 Å². The van der Waals surface area contributed by atoms with Crippen molar-refractivity contribution in [2.24, 2.45) is 0 Å². The second-order valence-corrected chi connectivity index (χ2v) is 7.00. The zero-order valence-corrected chi connectivity index (χ0v) is 16.5. The molecule has 27 heavy (non-hydrogen) atoms. The zero-order valence-electron chi connectivity index (χ0n) is 13.5. The summed E-state index contributed by atoms with van der Waals surface area (Å²) in [5.41, 5.74) is 5.13. The molecule has 0 bridgehead atoms. The van der Waals surface area contributed by atoms with Crippen molar-refractivity contribution >= 4 is 69.0 Å². The number of rotatable bonds is 3. The molecule has 5 nitrogen and oxygen atoms in total. The van der Waals surface area contributed by atoms with Gasteiger partial charge in [-0.15, -0.1) is 0 Å². The van der Waals surface area contributed by atoms with Gasteiger partial charge in [0.2, 0.25) is 5.91 Å². The van der Waals surface area contributed by atoms with Crippen molar-refractivity contribution in [2.75, 3.05) is 0 Å². The number of carbonyl (C=O) groups excluding carboxylic acids is 2. The SMILES string of the molecule is O=C(Cc1cccc2ccccc12)NNC(=O)c1nc(Cl)c(Cl)c(Cl)c1Cl. The first-order valence-electron chi connectivity index (χ1n) is 7.64. The van der Waals surface area contributed by atoms with E-state index in [1.807, 2.05) is 42.5 Å². The molecule has 138 valence electrons. The second-order valence-electron chi connectivity index (χ2n) is 5.51. The van der Waals surface area contributed by atoms with Crippen molar-refractivity contribution in [3.8, 4) is 0 Å². The molecule has 0 aliphatic heterocycles. The van der Waals surface area contributed by atoms with Gasteiger partial charge in [0, 0.05) is 0 Å². The number of nitrogens with zero attached hydrogens (tertiary/aromatic N) is 1. The quantitative estimate of drug-likeness (QED) is 0.449. The Hall–Kier alpha value is -2.05. The molecule has 9 heteroatoms. The van der Waals surface area contributed by atoms with E-state index in [1.165, 1.54) is 0 Å². The van der Waals surface area contributed by atoms with Crippen LogP contribution in [0.2, 0.25) is 20.2 Å². The lowest BCUT2D eigenvalue weighted by Crippen LogP contribution is -2.42. The van der Waals surface area contributed by atoms with E-state index in [0.717, 1.165) is 16.3 Å². The van der Waals surface area contributed by atoms with Gasteiger partial charge in [-0.1, -0.05) is 88.9 Å². The number of halogens is 4. The largest absolute Gasteiger partial charge is 0.289 e. The van der Waals surface area contributed by atoms with Gasteiger partial charge in [-0.05, 0) is 16.3 Å². The van der Waals surface area contributed by atoms with Gasteiger partial charge >= 0.3 is 0 Å². The fourth-order valence-corrected chi connectivity index (χ4v) is 3.30. The predicted molar refractivity (Wildman–Crippen MR) is 108 cm³/mol. The summed E-state index contributed by atoms with van der Waals surface area (Å²) in [6.07, 6.45) is 0.0743. The van der Waals surface area contributed by atoms with E-state index in [2.05, 4.69) is 15.8 Å². The number of nitrogens with one attached hydrogen (secondary N) is 2. The van der Waals surface area contributed by atoms with Crippen LogP contribution in [0.1, 0.15) is 16.1 Å². The van der Waals surface area contributed by atoms with Crippen LogP contribution in [-0.4, -0.2) is 16.8 Å². The third-order valence-corrected chi connectivity index (χ3v) is 5.42. The third-order valence-electron chi connectivity index (χ3n) is 3.75. The summed E-state index contributed by atoms with van der Waals surface area (Å²) in [7, 11) is 0. The molecular weight excluding hydrogens is 432 g/mol. The minimum atomic E-state index is -0.772. The fraction of sp³-hybridized carbons (Fsp3) is 0.0556. The molecule has 3 aromatic rings. The average Bonchev–Trinajstić information content (AvgIpc) is 2.67. The minimum Gasteiger partial charge on any atom is -0.273 e. The number of hydrogen-bond donors (Lipinski definition) is 2. The van der Waals surface area contributed by atoms with E-state index in [9.17, 15) is 9.59 Å². The van der Waals surface area contributed by atoms with E-state index in [4.69, 9.17) is 46.4 Å². The van der Waals surface area contributed by atoms with Crippen LogP contribution in [0.25, 0.3) is 10.8 Å². The molecule has 0 spiro atoms. The summed E-state index contributed by atoms with van der Waals surface area (Å²) in [6.45, 7) is 0. The molecule has 0 atom stereocenters. The Morgan fingerprint density at radius 2 is 1.56 bits per heavy atom. The Bertz CT molecular complexity index is 1050. The number of benzene rings is 2. The van der Waals surface area contributed by atoms with Gasteiger partial charge in [0.1, 0.15) is 5.15 Å². The molecule has 0 aliphatic rings. The van der Waals surface area contributed by atoms with Gasteiger partial charge in [0.05, 0.1) is 21.5 Å². The van der Waals surface area contributed by atoms with E-state index in [0.29, 0.717) is 0 Å². The highest BCUT2D eigenvalue weighted by Gasteiger charge is 2.20. The molecule has 1 aromatic heterocycles. The molecule has 2 N–H and O–H groups in total. The first-order chi connectivity index (χ1) is 12.9. The predicted octanol–water partition coefficient (Wildman–Crippen LogP) is 4.85. The van der Waals surface area contributed by atoms with Crippen LogP contribution >= 0.6 is 46.4 Å². The van der Waals surface area contributed by atoms with Gasteiger partial charge in [-0.25, -0.2) is 4.98 Å². The number of amides is 2. The van der Waals surface area contributed by atoms with Crippen LogP contribution in [0.15, 0.2) is 42.5 Å². The van der Waals surface area contributed by atoms with Crippen molar-refractivity contribution in [3.05, 3.63) is 73.9 Å². The van der Waals surface area contributed by atoms with E-state index < -0.39 is 11.8 Å². The zero-order chi connectivity index (χ0) is 19.6. The van der Waals surface area contributed by atoms with Crippen LogP contribution < -0.4 is 10.9 Å². The number of hydrazine groups is 1. The summed E-state index contributed by atoms with van der Waals surface area (Å²) in [4.78, 5) is 28.2. The van der Waals surface area contributed by atoms with Gasteiger partial charge in [-0.3, -0.25) is 20.4 Å². The maximum atomic E-state index is 12.2. The van der Waals surface area contributed by atoms with Crippen LogP contribution in [0.4, 0.5) is 0 Å². The molecule has 0 saturated heterocycles. The standard InChI is InChI=1S/C18H11Cl4N3O2/c19-13-14(20)16(23-17(22)15(13)21)18(27)25-24-12(26)8-10-6-3-5-9-4-1-2-7-11(9)10/h1-7H,8H2,(H,24,26)(H,25,27).